The van der Waals surface area contributed by atoms with Gasteiger partial charge in [0.1, 0.15) is 0 Å². The van der Waals surface area contributed by atoms with Crippen molar-refractivity contribution in [3.63, 3.8) is 0 Å². The van der Waals surface area contributed by atoms with E-state index < -0.39 is 0 Å². The number of halogens is 1. The summed E-state index contributed by atoms with van der Waals surface area (Å²) in [4.78, 5) is 2.45. The lowest BCUT2D eigenvalue weighted by Gasteiger charge is -2.31. The summed E-state index contributed by atoms with van der Waals surface area (Å²) in [5.74, 6) is 0. The molecule has 0 aliphatic rings. The normalized spacial score (nSPS) is 12.5. The molecule has 2 nitrogen and oxygen atoms in total. The van der Waals surface area contributed by atoms with Gasteiger partial charge < -0.3 is 10.6 Å². The van der Waals surface area contributed by atoms with Gasteiger partial charge in [-0.05, 0) is 50.9 Å². The third kappa shape index (κ3) is 3.71. The van der Waals surface area contributed by atoms with Crippen LogP contribution in [-0.2, 0) is 6.42 Å². The first kappa shape index (κ1) is 14.5. The first-order chi connectivity index (χ1) is 8.13. The minimum Gasteiger partial charge on any atom is -0.369 e. The Hall–Kier alpha value is -0.540. The molecular weight excluding hydrogens is 276 g/mol. The van der Waals surface area contributed by atoms with E-state index >= 15 is 0 Å². The predicted molar refractivity (Wildman–Crippen MR) is 79.7 cm³/mol. The predicted octanol–water partition coefficient (Wildman–Crippen LogP) is 3.58. The van der Waals surface area contributed by atoms with Gasteiger partial charge in [0.2, 0.25) is 0 Å². The molecule has 1 unspecified atom stereocenters. The van der Waals surface area contributed by atoms with Crippen molar-refractivity contribution >= 4 is 21.6 Å². The van der Waals surface area contributed by atoms with Gasteiger partial charge in [-0.15, -0.1) is 0 Å². The Balaban J connectivity index is 3.10. The van der Waals surface area contributed by atoms with Crippen LogP contribution in [0.5, 0.6) is 0 Å². The molecule has 17 heavy (non-hydrogen) atoms. The number of nitrogens with zero attached hydrogens (tertiary/aromatic N) is 1. The lowest BCUT2D eigenvalue weighted by molar-refractivity contribution is 0.627. The van der Waals surface area contributed by atoms with Crippen LogP contribution in [0, 0.1) is 0 Å². The van der Waals surface area contributed by atoms with Crippen LogP contribution in [0.2, 0.25) is 0 Å². The Bertz CT molecular complexity index is 352. The van der Waals surface area contributed by atoms with Crippen LogP contribution < -0.4 is 10.6 Å². The Morgan fingerprint density at radius 2 is 2.06 bits per heavy atom. The van der Waals surface area contributed by atoms with Gasteiger partial charge in [-0.3, -0.25) is 0 Å². The molecule has 0 aliphatic carbocycles. The van der Waals surface area contributed by atoms with Crippen molar-refractivity contribution in [2.45, 2.75) is 39.7 Å². The topological polar surface area (TPSA) is 29.3 Å². The summed E-state index contributed by atoms with van der Waals surface area (Å²) in [7, 11) is 0. The third-order valence-corrected chi connectivity index (χ3v) is 3.73. The van der Waals surface area contributed by atoms with E-state index in [9.17, 15) is 0 Å². The van der Waals surface area contributed by atoms with Crippen molar-refractivity contribution in [1.82, 2.24) is 0 Å². The summed E-state index contributed by atoms with van der Waals surface area (Å²) < 4.78 is 1.13. The smallest absolute Gasteiger partial charge is 0.0412 e. The molecule has 0 fully saturated rings. The Kier molecular flexibility index (Phi) is 6.00. The van der Waals surface area contributed by atoms with Gasteiger partial charge in [-0.1, -0.05) is 28.9 Å². The molecule has 1 aromatic carbocycles. The molecule has 0 saturated carbocycles. The second kappa shape index (κ2) is 7.02. The van der Waals surface area contributed by atoms with Gasteiger partial charge >= 0.3 is 0 Å². The lowest BCUT2D eigenvalue weighted by atomic mass is 10.1. The highest BCUT2D eigenvalue weighted by Gasteiger charge is 2.14. The molecule has 0 radical (unpaired) electrons. The van der Waals surface area contributed by atoms with Crippen molar-refractivity contribution in [3.8, 4) is 0 Å². The number of hydrogen-bond acceptors (Lipinski definition) is 2. The summed E-state index contributed by atoms with van der Waals surface area (Å²) in [5, 5.41) is 0. The van der Waals surface area contributed by atoms with Crippen LogP contribution in [-0.4, -0.2) is 19.1 Å². The quantitative estimate of drug-likeness (QED) is 0.870. The maximum absolute atomic E-state index is 5.69. The summed E-state index contributed by atoms with van der Waals surface area (Å²) in [5.41, 5.74) is 8.35. The van der Waals surface area contributed by atoms with Crippen molar-refractivity contribution < 1.29 is 0 Å². The zero-order chi connectivity index (χ0) is 12.8. The Morgan fingerprint density at radius 3 is 2.59 bits per heavy atom. The van der Waals surface area contributed by atoms with E-state index in [4.69, 9.17) is 5.73 Å². The molecule has 0 heterocycles. The van der Waals surface area contributed by atoms with E-state index in [0.717, 1.165) is 23.9 Å². The SMILES string of the molecule is CCC(C)N(CC)c1cc(Br)ccc1CCN. The summed E-state index contributed by atoms with van der Waals surface area (Å²) in [6.45, 7) is 8.44. The number of nitrogens with two attached hydrogens (primary N) is 1. The zero-order valence-corrected chi connectivity index (χ0v) is 12.6. The standard InChI is InChI=1S/C14H23BrN2/c1-4-11(3)17(5-2)14-10-13(15)7-6-12(14)8-9-16/h6-7,10-11H,4-5,8-9,16H2,1-3H3. The van der Waals surface area contributed by atoms with E-state index in [-0.39, 0.29) is 0 Å². The molecule has 1 rings (SSSR count). The molecule has 0 spiro atoms. The average Bonchev–Trinajstić information content (AvgIpc) is 2.33. The van der Waals surface area contributed by atoms with Gasteiger partial charge in [0.25, 0.3) is 0 Å². The fraction of sp³-hybridized carbons (Fsp3) is 0.571. The fourth-order valence-electron chi connectivity index (χ4n) is 2.11. The molecule has 0 bridgehead atoms. The Morgan fingerprint density at radius 1 is 1.35 bits per heavy atom. The van der Waals surface area contributed by atoms with Crippen molar-refractivity contribution in [3.05, 3.63) is 28.2 Å². The van der Waals surface area contributed by atoms with Crippen LogP contribution in [0.4, 0.5) is 5.69 Å². The summed E-state index contributed by atoms with van der Waals surface area (Å²) in [6, 6.07) is 7.04. The van der Waals surface area contributed by atoms with Crippen molar-refractivity contribution in [2.24, 2.45) is 5.73 Å². The van der Waals surface area contributed by atoms with Crippen molar-refractivity contribution in [2.75, 3.05) is 18.0 Å². The highest BCUT2D eigenvalue weighted by atomic mass is 79.9. The highest BCUT2D eigenvalue weighted by molar-refractivity contribution is 9.10. The monoisotopic (exact) mass is 298 g/mol. The molecule has 0 amide bonds. The van der Waals surface area contributed by atoms with Crippen LogP contribution >= 0.6 is 15.9 Å². The largest absolute Gasteiger partial charge is 0.369 e. The zero-order valence-electron chi connectivity index (χ0n) is 11.0. The second-order valence-corrected chi connectivity index (χ2v) is 5.27. The number of rotatable bonds is 6. The maximum Gasteiger partial charge on any atom is 0.0412 e. The van der Waals surface area contributed by atoms with Crippen LogP contribution in [0.1, 0.15) is 32.8 Å². The minimum atomic E-state index is 0.561. The van der Waals surface area contributed by atoms with E-state index in [1.54, 1.807) is 0 Å². The van der Waals surface area contributed by atoms with Crippen molar-refractivity contribution in [1.29, 1.82) is 0 Å². The molecule has 1 atom stereocenters. The number of hydrogen-bond donors (Lipinski definition) is 1. The fourth-order valence-corrected chi connectivity index (χ4v) is 2.46. The van der Waals surface area contributed by atoms with Gasteiger partial charge in [-0.2, -0.15) is 0 Å². The van der Waals surface area contributed by atoms with E-state index in [2.05, 4.69) is 59.8 Å². The molecule has 0 aromatic heterocycles. The van der Waals surface area contributed by atoms with Crippen LogP contribution in [0.25, 0.3) is 0 Å². The summed E-state index contributed by atoms with van der Waals surface area (Å²) in [6.07, 6.45) is 2.10. The molecular formula is C14H23BrN2. The first-order valence-electron chi connectivity index (χ1n) is 6.39. The van der Waals surface area contributed by atoms with Crippen LogP contribution in [0.3, 0.4) is 0 Å². The van der Waals surface area contributed by atoms with Gasteiger partial charge in [-0.25, -0.2) is 0 Å². The molecule has 1 aromatic rings. The maximum atomic E-state index is 5.69. The molecule has 0 aliphatic heterocycles. The minimum absolute atomic E-state index is 0.561. The average molecular weight is 299 g/mol. The lowest BCUT2D eigenvalue weighted by Crippen LogP contribution is -2.33. The highest BCUT2D eigenvalue weighted by Crippen LogP contribution is 2.27. The Labute approximate surface area is 113 Å². The second-order valence-electron chi connectivity index (χ2n) is 4.35. The molecule has 96 valence electrons. The molecule has 2 N–H and O–H groups in total. The van der Waals surface area contributed by atoms with Gasteiger partial charge in [0.15, 0.2) is 0 Å². The first-order valence-corrected chi connectivity index (χ1v) is 7.18. The molecule has 0 saturated heterocycles. The van der Waals surface area contributed by atoms with E-state index in [0.29, 0.717) is 12.6 Å². The summed E-state index contributed by atoms with van der Waals surface area (Å²) >= 11 is 3.56. The van der Waals surface area contributed by atoms with Gasteiger partial charge in [0.05, 0.1) is 0 Å². The third-order valence-electron chi connectivity index (χ3n) is 3.23. The number of anilines is 1. The van der Waals surface area contributed by atoms with E-state index in [1.165, 1.54) is 11.3 Å². The van der Waals surface area contributed by atoms with Gasteiger partial charge in [0, 0.05) is 22.7 Å². The van der Waals surface area contributed by atoms with Crippen LogP contribution in [0.15, 0.2) is 22.7 Å². The molecule has 3 heteroatoms. The van der Waals surface area contributed by atoms with E-state index in [1.807, 2.05) is 0 Å². The number of benzene rings is 1.